The first-order valence-electron chi connectivity index (χ1n) is 16.6. The molecular weight excluding hydrogens is 671 g/mol. The van der Waals surface area contributed by atoms with E-state index in [4.69, 9.17) is 24.7 Å². The maximum absolute atomic E-state index is 9.59. The maximum atomic E-state index is 9.59. The molecule has 2 aromatic heterocycles. The summed E-state index contributed by atoms with van der Waals surface area (Å²) in [5.41, 5.74) is 12.7. The van der Waals surface area contributed by atoms with Gasteiger partial charge in [-0.15, -0.1) is 0 Å². The van der Waals surface area contributed by atoms with Crippen molar-refractivity contribution < 1.29 is 24.0 Å². The summed E-state index contributed by atoms with van der Waals surface area (Å²) in [5.74, 6) is 4.29. The molecule has 0 fully saturated rings. The van der Waals surface area contributed by atoms with E-state index < -0.39 is 7.05 Å². The van der Waals surface area contributed by atoms with Gasteiger partial charge in [-0.25, -0.2) is 0 Å². The molecule has 254 valence electrons. The highest BCUT2D eigenvalue weighted by Crippen LogP contribution is 2.43. The summed E-state index contributed by atoms with van der Waals surface area (Å²) in [5, 5.41) is 12.7. The smallest absolute Gasteiger partial charge is 0.373 e. The molecule has 4 heterocycles. The van der Waals surface area contributed by atoms with Crippen LogP contribution < -0.4 is 29.9 Å². The SMILES string of the molecule is CB(O)N[C@H](COc1ccc2c(c1)OCc1cnccc1-2)CC(C)C.CC(C)C[C@H](N)COc1cc2c(cc1Br)-c1ccncc1CO2. The number of aromatic nitrogens is 2. The van der Waals surface area contributed by atoms with E-state index in [0.29, 0.717) is 38.3 Å². The van der Waals surface area contributed by atoms with Gasteiger partial charge in [-0.2, -0.15) is 0 Å². The van der Waals surface area contributed by atoms with E-state index in [-0.39, 0.29) is 12.1 Å². The van der Waals surface area contributed by atoms with E-state index in [1.165, 1.54) is 0 Å². The Kier molecular flexibility index (Phi) is 12.4. The Labute approximate surface area is 292 Å². The Hall–Kier alpha value is -3.64. The fourth-order valence-corrected chi connectivity index (χ4v) is 6.45. The molecular formula is C37H46BBrN4O5. The molecule has 2 atom stereocenters. The average molecular weight is 718 g/mol. The van der Waals surface area contributed by atoms with E-state index in [1.54, 1.807) is 19.2 Å². The van der Waals surface area contributed by atoms with Crippen molar-refractivity contribution in [3.05, 3.63) is 82.9 Å². The lowest BCUT2D eigenvalue weighted by atomic mass is 9.86. The molecule has 0 aliphatic carbocycles. The largest absolute Gasteiger partial charge is 0.492 e. The Balaban J connectivity index is 0.000000188. The number of hydrogen-bond donors (Lipinski definition) is 3. The second-order valence-electron chi connectivity index (χ2n) is 13.3. The van der Waals surface area contributed by atoms with Gasteiger partial charge >= 0.3 is 7.05 Å². The van der Waals surface area contributed by atoms with Gasteiger partial charge in [0.15, 0.2) is 0 Å². The van der Waals surface area contributed by atoms with Crippen molar-refractivity contribution in [1.29, 1.82) is 0 Å². The average Bonchev–Trinajstić information content (AvgIpc) is 3.05. The summed E-state index contributed by atoms with van der Waals surface area (Å²) < 4.78 is 24.4. The van der Waals surface area contributed by atoms with Crippen molar-refractivity contribution in [3.63, 3.8) is 0 Å². The second kappa shape index (κ2) is 16.7. The van der Waals surface area contributed by atoms with Crippen LogP contribution in [0.1, 0.15) is 51.7 Å². The minimum absolute atomic E-state index is 0.0330. The summed E-state index contributed by atoms with van der Waals surface area (Å²) in [6.07, 6.45) is 9.18. The molecule has 2 aliphatic heterocycles. The van der Waals surface area contributed by atoms with Crippen molar-refractivity contribution in [2.24, 2.45) is 17.6 Å². The molecule has 9 nitrogen and oxygen atoms in total. The standard InChI is InChI=1S/C19H25BN2O3.C18H21BrN2O2/c1-13(2)8-15(22-20(3)23)12-24-16-4-5-18-17-6-7-21-10-14(17)11-25-19(18)9-16;1-11(2)5-13(20)10-23-18-7-17-15(6-16(18)19)14-3-4-21-8-12(14)9-22-17/h4-7,9-10,13,15,22-23H,8,11-12H2,1-3H3;3-4,6-8,11,13H,5,9-10,20H2,1-2H3/t15-;13-/m00/s1. The lowest BCUT2D eigenvalue weighted by Gasteiger charge is -2.23. The molecule has 0 spiro atoms. The number of nitrogens with one attached hydrogen (secondary N) is 1. The van der Waals surface area contributed by atoms with Crippen LogP contribution in [-0.4, -0.2) is 47.3 Å². The number of pyridine rings is 2. The molecule has 48 heavy (non-hydrogen) atoms. The van der Waals surface area contributed by atoms with Gasteiger partial charge in [0.05, 0.1) is 4.47 Å². The Morgan fingerprint density at radius 3 is 2.08 bits per heavy atom. The first-order valence-corrected chi connectivity index (χ1v) is 17.4. The normalized spacial score (nSPS) is 13.8. The zero-order valence-electron chi connectivity index (χ0n) is 28.4. The van der Waals surface area contributed by atoms with E-state index in [9.17, 15) is 5.02 Å². The van der Waals surface area contributed by atoms with Crippen molar-refractivity contribution in [3.8, 4) is 45.3 Å². The third-order valence-electron chi connectivity index (χ3n) is 8.05. The van der Waals surface area contributed by atoms with Crippen LogP contribution in [0, 0.1) is 11.8 Å². The predicted molar refractivity (Wildman–Crippen MR) is 194 cm³/mol. The van der Waals surface area contributed by atoms with Crippen LogP contribution in [0.5, 0.6) is 23.0 Å². The molecule has 2 aliphatic rings. The van der Waals surface area contributed by atoms with Gasteiger partial charge in [-0.1, -0.05) is 27.7 Å². The Morgan fingerprint density at radius 2 is 1.46 bits per heavy atom. The second-order valence-corrected chi connectivity index (χ2v) is 14.1. The van der Waals surface area contributed by atoms with Gasteiger partial charge in [0.25, 0.3) is 0 Å². The molecule has 0 unspecified atom stereocenters. The molecule has 0 amide bonds. The van der Waals surface area contributed by atoms with Gasteiger partial charge in [0.1, 0.15) is 49.4 Å². The molecule has 4 N–H and O–H groups in total. The molecule has 0 saturated heterocycles. The zero-order valence-corrected chi connectivity index (χ0v) is 30.0. The van der Waals surface area contributed by atoms with Gasteiger partial charge in [-0.3, -0.25) is 9.97 Å². The molecule has 6 rings (SSSR count). The third kappa shape index (κ3) is 9.50. The fraction of sp³-hybridized carbons (Fsp3) is 0.405. The van der Waals surface area contributed by atoms with Crippen LogP contribution in [0.4, 0.5) is 0 Å². The third-order valence-corrected chi connectivity index (χ3v) is 8.67. The first kappa shape index (κ1) is 35.7. The molecule has 0 radical (unpaired) electrons. The van der Waals surface area contributed by atoms with E-state index in [0.717, 1.165) is 73.7 Å². The van der Waals surface area contributed by atoms with Gasteiger partial charge in [-0.05, 0) is 88.9 Å². The van der Waals surface area contributed by atoms with E-state index in [1.807, 2.05) is 54.9 Å². The van der Waals surface area contributed by atoms with Crippen LogP contribution >= 0.6 is 15.9 Å². The summed E-state index contributed by atoms with van der Waals surface area (Å²) in [6, 6.07) is 14.1. The molecule has 11 heteroatoms. The summed E-state index contributed by atoms with van der Waals surface area (Å²) in [7, 11) is -0.552. The number of nitrogens with two attached hydrogens (primary N) is 1. The highest BCUT2D eigenvalue weighted by atomic mass is 79.9. The lowest BCUT2D eigenvalue weighted by molar-refractivity contribution is 0.253. The maximum Gasteiger partial charge on any atom is 0.373 e. The van der Waals surface area contributed by atoms with Crippen LogP contribution in [0.15, 0.2) is 71.7 Å². The zero-order chi connectivity index (χ0) is 34.2. The highest BCUT2D eigenvalue weighted by molar-refractivity contribution is 9.10. The quantitative estimate of drug-likeness (QED) is 0.130. The predicted octanol–water partition coefficient (Wildman–Crippen LogP) is 7.29. The number of halogens is 1. The van der Waals surface area contributed by atoms with Crippen LogP contribution in [0.25, 0.3) is 22.3 Å². The topological polar surface area (TPSA) is 121 Å². The van der Waals surface area contributed by atoms with Crippen molar-refractivity contribution >= 4 is 23.0 Å². The number of fused-ring (bicyclic) bond motifs is 6. The highest BCUT2D eigenvalue weighted by Gasteiger charge is 2.21. The lowest BCUT2D eigenvalue weighted by Crippen LogP contribution is -2.44. The number of nitrogens with zero attached hydrogens (tertiary/aromatic N) is 2. The van der Waals surface area contributed by atoms with Crippen LogP contribution in [0.2, 0.25) is 6.82 Å². The number of ether oxygens (including phenoxy) is 4. The summed E-state index contributed by atoms with van der Waals surface area (Å²) in [4.78, 5) is 8.31. The van der Waals surface area contributed by atoms with Crippen molar-refractivity contribution in [1.82, 2.24) is 15.2 Å². The molecule has 2 aromatic carbocycles. The van der Waals surface area contributed by atoms with E-state index in [2.05, 4.69) is 58.8 Å². The summed E-state index contributed by atoms with van der Waals surface area (Å²) >= 11 is 3.59. The molecule has 0 bridgehead atoms. The van der Waals surface area contributed by atoms with Gasteiger partial charge in [0, 0.05) is 71.3 Å². The van der Waals surface area contributed by atoms with E-state index >= 15 is 0 Å². The summed E-state index contributed by atoms with van der Waals surface area (Å²) in [6.45, 7) is 12.4. The first-order chi connectivity index (χ1) is 23.1. The number of benzene rings is 2. The van der Waals surface area contributed by atoms with Crippen LogP contribution in [0.3, 0.4) is 0 Å². The van der Waals surface area contributed by atoms with Gasteiger partial charge in [0.2, 0.25) is 0 Å². The van der Waals surface area contributed by atoms with Crippen LogP contribution in [-0.2, 0) is 13.2 Å². The molecule has 0 saturated carbocycles. The fourth-order valence-electron chi connectivity index (χ4n) is 5.99. The Bertz CT molecular complexity index is 1660. The monoisotopic (exact) mass is 716 g/mol. The molecule has 4 aromatic rings. The van der Waals surface area contributed by atoms with Gasteiger partial charge < -0.3 is 34.9 Å². The van der Waals surface area contributed by atoms with Crippen molar-refractivity contribution in [2.45, 2.75) is 72.7 Å². The minimum Gasteiger partial charge on any atom is -0.492 e. The Morgan fingerprint density at radius 1 is 0.833 bits per heavy atom. The minimum atomic E-state index is -0.552. The number of rotatable bonds is 12. The van der Waals surface area contributed by atoms with Crippen molar-refractivity contribution in [2.75, 3.05) is 13.2 Å². The number of hydrogen-bond acceptors (Lipinski definition) is 9.